The first kappa shape index (κ1) is 13.3. The Hall–Kier alpha value is -2.18. The van der Waals surface area contributed by atoms with Crippen molar-refractivity contribution in [3.8, 4) is 5.69 Å². The standard InChI is InChI=1S/C13H14N2O4/c1-8-3-2-4-10(5-8)15-7-9(6-14-15)11(16)12(17)13(18)19/h2-7,11-12,16-17H,1H3,(H,18,19). The topological polar surface area (TPSA) is 95.6 Å². The molecule has 2 rings (SSSR count). The van der Waals surface area contributed by atoms with Crippen LogP contribution in [0.4, 0.5) is 0 Å². The Balaban J connectivity index is 2.26. The molecule has 0 aliphatic heterocycles. The number of carboxylic acid groups (broad SMARTS) is 1. The molecule has 1 heterocycles. The highest BCUT2D eigenvalue weighted by molar-refractivity contribution is 5.73. The molecule has 2 aromatic rings. The van der Waals surface area contributed by atoms with Crippen LogP contribution in [-0.4, -0.2) is 37.2 Å². The van der Waals surface area contributed by atoms with Crippen molar-refractivity contribution in [1.82, 2.24) is 9.78 Å². The summed E-state index contributed by atoms with van der Waals surface area (Å²) in [6, 6.07) is 7.55. The van der Waals surface area contributed by atoms with Gasteiger partial charge in [0.25, 0.3) is 0 Å². The highest BCUT2D eigenvalue weighted by Crippen LogP contribution is 2.18. The number of aryl methyl sites for hydroxylation is 1. The lowest BCUT2D eigenvalue weighted by atomic mass is 10.1. The van der Waals surface area contributed by atoms with Crippen molar-refractivity contribution in [2.75, 3.05) is 0 Å². The molecule has 0 saturated carbocycles. The molecule has 19 heavy (non-hydrogen) atoms. The summed E-state index contributed by atoms with van der Waals surface area (Å²) in [5.74, 6) is -1.48. The Morgan fingerprint density at radius 1 is 1.37 bits per heavy atom. The van der Waals surface area contributed by atoms with Crippen molar-refractivity contribution in [1.29, 1.82) is 0 Å². The number of aromatic nitrogens is 2. The van der Waals surface area contributed by atoms with Crippen LogP contribution in [0.5, 0.6) is 0 Å². The van der Waals surface area contributed by atoms with E-state index >= 15 is 0 Å². The molecule has 0 spiro atoms. The van der Waals surface area contributed by atoms with Crippen molar-refractivity contribution in [3.05, 3.63) is 47.8 Å². The van der Waals surface area contributed by atoms with E-state index in [1.807, 2.05) is 31.2 Å². The molecule has 2 atom stereocenters. The normalized spacial score (nSPS) is 14.1. The average molecular weight is 262 g/mol. The molecule has 3 N–H and O–H groups in total. The second kappa shape index (κ2) is 5.21. The highest BCUT2D eigenvalue weighted by atomic mass is 16.4. The van der Waals surface area contributed by atoms with Gasteiger partial charge in [0.2, 0.25) is 0 Å². The number of aliphatic hydroxyl groups is 2. The van der Waals surface area contributed by atoms with Crippen molar-refractivity contribution >= 4 is 5.97 Å². The summed E-state index contributed by atoms with van der Waals surface area (Å²) in [7, 11) is 0. The summed E-state index contributed by atoms with van der Waals surface area (Å²) in [6.45, 7) is 1.94. The predicted octanol–water partition coefficient (Wildman–Crippen LogP) is 0.660. The lowest BCUT2D eigenvalue weighted by molar-refractivity contribution is -0.153. The lowest BCUT2D eigenvalue weighted by Crippen LogP contribution is -2.27. The zero-order chi connectivity index (χ0) is 14.0. The zero-order valence-electron chi connectivity index (χ0n) is 10.3. The van der Waals surface area contributed by atoms with Gasteiger partial charge in [-0.05, 0) is 24.6 Å². The Labute approximate surface area is 109 Å². The Morgan fingerprint density at radius 3 is 2.74 bits per heavy atom. The van der Waals surface area contributed by atoms with Gasteiger partial charge in [0.05, 0.1) is 11.9 Å². The summed E-state index contributed by atoms with van der Waals surface area (Å²) in [5, 5.41) is 31.7. The van der Waals surface area contributed by atoms with Crippen LogP contribution >= 0.6 is 0 Å². The van der Waals surface area contributed by atoms with E-state index in [9.17, 15) is 15.0 Å². The molecule has 100 valence electrons. The summed E-state index contributed by atoms with van der Waals surface area (Å²) in [6.07, 6.45) is -0.545. The van der Waals surface area contributed by atoms with Crippen LogP contribution in [0.3, 0.4) is 0 Å². The molecule has 6 nitrogen and oxygen atoms in total. The number of nitrogens with zero attached hydrogens (tertiary/aromatic N) is 2. The minimum Gasteiger partial charge on any atom is -0.479 e. The van der Waals surface area contributed by atoms with E-state index in [0.717, 1.165) is 11.3 Å². The fourth-order valence-electron chi connectivity index (χ4n) is 1.72. The summed E-state index contributed by atoms with van der Waals surface area (Å²) in [5.41, 5.74) is 2.10. The van der Waals surface area contributed by atoms with Gasteiger partial charge in [0.1, 0.15) is 6.10 Å². The number of carbonyl (C=O) groups is 1. The van der Waals surface area contributed by atoms with Crippen LogP contribution in [0.15, 0.2) is 36.7 Å². The van der Waals surface area contributed by atoms with E-state index in [1.165, 1.54) is 17.1 Å². The Kier molecular flexibility index (Phi) is 3.64. The molecule has 0 amide bonds. The monoisotopic (exact) mass is 262 g/mol. The van der Waals surface area contributed by atoms with Crippen LogP contribution in [0.1, 0.15) is 17.2 Å². The average Bonchev–Trinajstić information content (AvgIpc) is 2.86. The van der Waals surface area contributed by atoms with E-state index in [1.54, 1.807) is 0 Å². The van der Waals surface area contributed by atoms with Gasteiger partial charge in [-0.25, -0.2) is 9.48 Å². The van der Waals surface area contributed by atoms with E-state index in [-0.39, 0.29) is 5.56 Å². The molecule has 0 fully saturated rings. The first-order chi connectivity index (χ1) is 8.99. The van der Waals surface area contributed by atoms with Gasteiger partial charge in [-0.3, -0.25) is 0 Å². The predicted molar refractivity (Wildman–Crippen MR) is 66.9 cm³/mol. The van der Waals surface area contributed by atoms with Gasteiger partial charge in [-0.15, -0.1) is 0 Å². The lowest BCUT2D eigenvalue weighted by Gasteiger charge is -2.11. The van der Waals surface area contributed by atoms with E-state index in [2.05, 4.69) is 5.10 Å². The van der Waals surface area contributed by atoms with E-state index < -0.39 is 18.2 Å². The molecule has 0 bridgehead atoms. The molecule has 6 heteroatoms. The van der Waals surface area contributed by atoms with Crippen molar-refractivity contribution in [3.63, 3.8) is 0 Å². The number of hydrogen-bond acceptors (Lipinski definition) is 4. The first-order valence-electron chi connectivity index (χ1n) is 5.69. The molecular weight excluding hydrogens is 248 g/mol. The number of aliphatic carboxylic acids is 1. The minimum atomic E-state index is -1.87. The fourth-order valence-corrected chi connectivity index (χ4v) is 1.72. The van der Waals surface area contributed by atoms with Crippen LogP contribution in [0, 0.1) is 6.92 Å². The van der Waals surface area contributed by atoms with E-state index in [0.29, 0.717) is 0 Å². The second-order valence-electron chi connectivity index (χ2n) is 4.29. The molecule has 0 saturated heterocycles. The van der Waals surface area contributed by atoms with E-state index in [4.69, 9.17) is 5.11 Å². The summed E-state index contributed by atoms with van der Waals surface area (Å²) >= 11 is 0. The third-order valence-corrected chi connectivity index (χ3v) is 2.76. The number of aliphatic hydroxyl groups excluding tert-OH is 2. The highest BCUT2D eigenvalue weighted by Gasteiger charge is 2.26. The maximum absolute atomic E-state index is 10.6. The number of carboxylic acids is 1. The number of benzene rings is 1. The minimum absolute atomic E-state index is 0.247. The van der Waals surface area contributed by atoms with Crippen LogP contribution < -0.4 is 0 Å². The SMILES string of the molecule is Cc1cccc(-n2cc(C(O)C(O)C(=O)O)cn2)c1. The Morgan fingerprint density at radius 2 is 2.11 bits per heavy atom. The van der Waals surface area contributed by atoms with Gasteiger partial charge in [0, 0.05) is 11.8 Å². The molecule has 1 aromatic heterocycles. The maximum Gasteiger partial charge on any atom is 0.335 e. The molecule has 0 aliphatic carbocycles. The molecule has 0 radical (unpaired) electrons. The maximum atomic E-state index is 10.6. The van der Waals surface area contributed by atoms with Crippen molar-refractivity contribution in [2.24, 2.45) is 0 Å². The van der Waals surface area contributed by atoms with Crippen LogP contribution in [-0.2, 0) is 4.79 Å². The van der Waals surface area contributed by atoms with Crippen LogP contribution in [0.2, 0.25) is 0 Å². The number of hydrogen-bond donors (Lipinski definition) is 3. The molecule has 2 unspecified atom stereocenters. The van der Waals surface area contributed by atoms with Crippen LogP contribution in [0.25, 0.3) is 5.69 Å². The largest absolute Gasteiger partial charge is 0.479 e. The molecule has 1 aromatic carbocycles. The smallest absolute Gasteiger partial charge is 0.335 e. The van der Waals surface area contributed by atoms with Gasteiger partial charge >= 0.3 is 5.97 Å². The summed E-state index contributed by atoms with van der Waals surface area (Å²) in [4.78, 5) is 10.6. The molecule has 0 aliphatic rings. The Bertz CT molecular complexity index is 594. The summed E-state index contributed by atoms with van der Waals surface area (Å²) < 4.78 is 1.51. The zero-order valence-corrected chi connectivity index (χ0v) is 10.3. The first-order valence-corrected chi connectivity index (χ1v) is 5.69. The van der Waals surface area contributed by atoms with Crippen molar-refractivity contribution in [2.45, 2.75) is 19.1 Å². The quantitative estimate of drug-likeness (QED) is 0.752. The fraction of sp³-hybridized carbons (Fsp3) is 0.231. The van der Waals surface area contributed by atoms with Gasteiger partial charge < -0.3 is 15.3 Å². The molecular formula is C13H14N2O4. The van der Waals surface area contributed by atoms with Gasteiger partial charge in [-0.1, -0.05) is 12.1 Å². The number of rotatable bonds is 4. The van der Waals surface area contributed by atoms with Crippen molar-refractivity contribution < 1.29 is 20.1 Å². The second-order valence-corrected chi connectivity index (χ2v) is 4.29. The third kappa shape index (κ3) is 2.81. The third-order valence-electron chi connectivity index (χ3n) is 2.76. The van der Waals surface area contributed by atoms with Gasteiger partial charge in [-0.2, -0.15) is 5.10 Å². The van der Waals surface area contributed by atoms with Gasteiger partial charge in [0.15, 0.2) is 6.10 Å².